The number of rotatable bonds is 6. The van der Waals surface area contributed by atoms with E-state index in [4.69, 9.17) is 0 Å². The molecule has 2 fully saturated rings. The minimum atomic E-state index is 0.773. The van der Waals surface area contributed by atoms with Crippen molar-refractivity contribution in [2.45, 2.75) is 65.0 Å². The van der Waals surface area contributed by atoms with Crippen LogP contribution in [-0.4, -0.2) is 36.6 Å². The van der Waals surface area contributed by atoms with Crippen molar-refractivity contribution in [1.82, 2.24) is 10.2 Å². The van der Waals surface area contributed by atoms with Gasteiger partial charge in [0.15, 0.2) is 0 Å². The van der Waals surface area contributed by atoms with E-state index in [0.717, 1.165) is 23.9 Å². The molecule has 0 aromatic carbocycles. The Morgan fingerprint density at radius 2 is 1.71 bits per heavy atom. The van der Waals surface area contributed by atoms with Crippen LogP contribution in [0.2, 0.25) is 0 Å². The van der Waals surface area contributed by atoms with Crippen molar-refractivity contribution in [2.75, 3.05) is 19.6 Å². The van der Waals surface area contributed by atoms with Crippen LogP contribution in [0.1, 0.15) is 52.9 Å². The summed E-state index contributed by atoms with van der Waals surface area (Å²) in [5.41, 5.74) is 0. The fourth-order valence-corrected chi connectivity index (χ4v) is 2.99. The number of piperidine rings is 1. The first kappa shape index (κ1) is 13.4. The molecule has 1 saturated carbocycles. The van der Waals surface area contributed by atoms with E-state index in [-0.39, 0.29) is 0 Å². The van der Waals surface area contributed by atoms with Crippen molar-refractivity contribution in [3.05, 3.63) is 0 Å². The third kappa shape index (κ3) is 4.26. The van der Waals surface area contributed by atoms with Crippen LogP contribution in [0.25, 0.3) is 0 Å². The number of nitrogens with zero attached hydrogens (tertiary/aromatic N) is 1. The first-order valence-electron chi connectivity index (χ1n) is 7.64. The minimum absolute atomic E-state index is 0.773. The fraction of sp³-hybridized carbons (Fsp3) is 1.00. The second kappa shape index (κ2) is 6.19. The Bertz CT molecular complexity index is 215. The lowest BCUT2D eigenvalue weighted by Gasteiger charge is -2.37. The molecule has 1 heterocycles. The zero-order valence-electron chi connectivity index (χ0n) is 11.9. The number of nitrogens with one attached hydrogen (secondary N) is 1. The molecular weight excluding hydrogens is 208 g/mol. The molecule has 0 aromatic rings. The summed E-state index contributed by atoms with van der Waals surface area (Å²) < 4.78 is 0. The summed E-state index contributed by atoms with van der Waals surface area (Å²) in [4.78, 5) is 2.70. The van der Waals surface area contributed by atoms with Crippen molar-refractivity contribution < 1.29 is 0 Å². The van der Waals surface area contributed by atoms with Gasteiger partial charge in [-0.25, -0.2) is 0 Å². The average Bonchev–Trinajstić information content (AvgIpc) is 3.13. The monoisotopic (exact) mass is 238 g/mol. The highest BCUT2D eigenvalue weighted by Gasteiger charge is 2.25. The summed E-state index contributed by atoms with van der Waals surface area (Å²) in [6.07, 6.45) is 6.97. The van der Waals surface area contributed by atoms with Gasteiger partial charge in [0.1, 0.15) is 0 Å². The standard InChI is InChI=1S/C15H30N2/c1-12(2)14-7-10-17(11-8-14)13(3)6-9-16-15-4-5-15/h12-16H,4-11H2,1-3H3. The van der Waals surface area contributed by atoms with E-state index in [1.807, 2.05) is 0 Å². The first-order valence-corrected chi connectivity index (χ1v) is 7.64. The zero-order chi connectivity index (χ0) is 12.3. The molecule has 0 aromatic heterocycles. The summed E-state index contributed by atoms with van der Waals surface area (Å²) >= 11 is 0. The molecular formula is C15H30N2. The van der Waals surface area contributed by atoms with Crippen LogP contribution in [0, 0.1) is 11.8 Å². The summed E-state index contributed by atoms with van der Waals surface area (Å²) in [6.45, 7) is 11.0. The van der Waals surface area contributed by atoms with Crippen molar-refractivity contribution in [3.8, 4) is 0 Å². The molecule has 100 valence electrons. The lowest BCUT2D eigenvalue weighted by atomic mass is 9.86. The van der Waals surface area contributed by atoms with E-state index < -0.39 is 0 Å². The van der Waals surface area contributed by atoms with Crippen LogP contribution in [0.3, 0.4) is 0 Å². The lowest BCUT2D eigenvalue weighted by Crippen LogP contribution is -2.42. The maximum Gasteiger partial charge on any atom is 0.00790 e. The molecule has 0 amide bonds. The summed E-state index contributed by atoms with van der Waals surface area (Å²) in [5, 5.41) is 3.63. The van der Waals surface area contributed by atoms with E-state index in [1.54, 1.807) is 0 Å². The molecule has 1 atom stereocenters. The van der Waals surface area contributed by atoms with Gasteiger partial charge in [0.05, 0.1) is 0 Å². The topological polar surface area (TPSA) is 15.3 Å². The van der Waals surface area contributed by atoms with Gasteiger partial charge in [0.25, 0.3) is 0 Å². The third-order valence-corrected chi connectivity index (χ3v) is 4.71. The maximum absolute atomic E-state index is 3.63. The number of likely N-dealkylation sites (tertiary alicyclic amines) is 1. The van der Waals surface area contributed by atoms with Crippen LogP contribution >= 0.6 is 0 Å². The van der Waals surface area contributed by atoms with Gasteiger partial charge in [0, 0.05) is 12.1 Å². The van der Waals surface area contributed by atoms with Crippen LogP contribution in [0.4, 0.5) is 0 Å². The normalized spacial score (nSPS) is 25.4. The SMILES string of the molecule is CC(C)C1CCN(C(C)CCNC2CC2)CC1. The Morgan fingerprint density at radius 3 is 2.24 bits per heavy atom. The molecule has 2 rings (SSSR count). The minimum Gasteiger partial charge on any atom is -0.314 e. The number of hydrogen-bond acceptors (Lipinski definition) is 2. The Morgan fingerprint density at radius 1 is 1.06 bits per heavy atom. The van der Waals surface area contributed by atoms with E-state index in [2.05, 4.69) is 31.0 Å². The molecule has 0 spiro atoms. The molecule has 1 saturated heterocycles. The third-order valence-electron chi connectivity index (χ3n) is 4.71. The van der Waals surface area contributed by atoms with Crippen molar-refractivity contribution >= 4 is 0 Å². The van der Waals surface area contributed by atoms with Gasteiger partial charge in [0.2, 0.25) is 0 Å². The summed E-state index contributed by atoms with van der Waals surface area (Å²) in [7, 11) is 0. The zero-order valence-corrected chi connectivity index (χ0v) is 11.9. The highest BCUT2D eigenvalue weighted by Crippen LogP contribution is 2.26. The Balaban J connectivity index is 1.61. The van der Waals surface area contributed by atoms with Crippen LogP contribution in [-0.2, 0) is 0 Å². The van der Waals surface area contributed by atoms with Crippen LogP contribution in [0.5, 0.6) is 0 Å². The second-order valence-corrected chi connectivity index (χ2v) is 6.48. The molecule has 2 aliphatic rings. The van der Waals surface area contributed by atoms with E-state index in [0.29, 0.717) is 0 Å². The fourth-order valence-electron chi connectivity index (χ4n) is 2.99. The van der Waals surface area contributed by atoms with Gasteiger partial charge in [-0.05, 0) is 70.5 Å². The predicted molar refractivity (Wildman–Crippen MR) is 74.2 cm³/mol. The van der Waals surface area contributed by atoms with E-state index >= 15 is 0 Å². The Kier molecular flexibility index (Phi) is 4.87. The molecule has 17 heavy (non-hydrogen) atoms. The molecule has 1 aliphatic carbocycles. The molecule has 2 heteroatoms. The van der Waals surface area contributed by atoms with Gasteiger partial charge in [-0.15, -0.1) is 0 Å². The van der Waals surface area contributed by atoms with Crippen LogP contribution in [0.15, 0.2) is 0 Å². The first-order chi connectivity index (χ1) is 8.16. The van der Waals surface area contributed by atoms with Gasteiger partial charge in [-0.2, -0.15) is 0 Å². The van der Waals surface area contributed by atoms with Crippen LogP contribution < -0.4 is 5.32 Å². The molecule has 2 nitrogen and oxygen atoms in total. The quantitative estimate of drug-likeness (QED) is 0.765. The largest absolute Gasteiger partial charge is 0.314 e. The maximum atomic E-state index is 3.63. The molecule has 1 unspecified atom stereocenters. The Labute approximate surface area is 107 Å². The van der Waals surface area contributed by atoms with E-state index in [9.17, 15) is 0 Å². The lowest BCUT2D eigenvalue weighted by molar-refractivity contribution is 0.117. The second-order valence-electron chi connectivity index (χ2n) is 6.48. The molecule has 1 aliphatic heterocycles. The highest BCUT2D eigenvalue weighted by molar-refractivity contribution is 4.82. The average molecular weight is 238 g/mol. The van der Waals surface area contributed by atoms with E-state index in [1.165, 1.54) is 51.7 Å². The molecule has 0 bridgehead atoms. The van der Waals surface area contributed by atoms with Crippen molar-refractivity contribution in [3.63, 3.8) is 0 Å². The molecule has 0 radical (unpaired) electrons. The predicted octanol–water partition coefficient (Wildman–Crippen LogP) is 2.89. The smallest absolute Gasteiger partial charge is 0.00790 e. The number of hydrogen-bond donors (Lipinski definition) is 1. The van der Waals surface area contributed by atoms with Crippen molar-refractivity contribution in [1.29, 1.82) is 0 Å². The summed E-state index contributed by atoms with van der Waals surface area (Å²) in [5.74, 6) is 1.85. The van der Waals surface area contributed by atoms with Crippen molar-refractivity contribution in [2.24, 2.45) is 11.8 Å². The highest BCUT2D eigenvalue weighted by atomic mass is 15.2. The van der Waals surface area contributed by atoms with Gasteiger partial charge < -0.3 is 10.2 Å². The Hall–Kier alpha value is -0.0800. The molecule has 1 N–H and O–H groups in total. The summed E-state index contributed by atoms with van der Waals surface area (Å²) in [6, 6.07) is 1.64. The van der Waals surface area contributed by atoms with Gasteiger partial charge >= 0.3 is 0 Å². The van der Waals surface area contributed by atoms with Gasteiger partial charge in [-0.3, -0.25) is 0 Å². The van der Waals surface area contributed by atoms with Gasteiger partial charge in [-0.1, -0.05) is 13.8 Å².